The van der Waals surface area contributed by atoms with Gasteiger partial charge >= 0.3 is 0 Å². The summed E-state index contributed by atoms with van der Waals surface area (Å²) in [5.41, 5.74) is 14.1. The Balaban J connectivity index is 1.23. The lowest BCUT2D eigenvalue weighted by molar-refractivity contribution is 1.06. The van der Waals surface area contributed by atoms with Crippen molar-refractivity contribution in [2.75, 3.05) is 0 Å². The highest BCUT2D eigenvalue weighted by Crippen LogP contribution is 2.41. The normalized spacial score (nSPS) is 11.6. The smallest absolute Gasteiger partial charge is 0.166 e. The maximum absolute atomic E-state index is 5.31. The molecule has 5 heteroatoms. The molecular formula is C53H37N5. The zero-order chi connectivity index (χ0) is 38.7. The number of hydrogen-bond donors (Lipinski definition) is 0. The molecule has 0 amide bonds. The summed E-state index contributed by atoms with van der Waals surface area (Å²) < 4.78 is 4.78. The van der Waals surface area contributed by atoms with E-state index in [0.29, 0.717) is 17.5 Å². The molecule has 0 atom stereocenters. The van der Waals surface area contributed by atoms with Crippen LogP contribution in [0.25, 0.3) is 100 Å². The number of rotatable bonds is 6. The lowest BCUT2D eigenvalue weighted by atomic mass is 9.99. The van der Waals surface area contributed by atoms with E-state index in [-0.39, 0.29) is 0 Å². The van der Waals surface area contributed by atoms with Crippen LogP contribution >= 0.6 is 0 Å². The Bertz CT molecular complexity index is 3190. The molecular weight excluding hydrogens is 707 g/mol. The summed E-state index contributed by atoms with van der Waals surface area (Å²) in [5.74, 6) is 1.85. The van der Waals surface area contributed by atoms with Gasteiger partial charge in [-0.3, -0.25) is 0 Å². The minimum atomic E-state index is 0.605. The molecule has 0 aliphatic heterocycles. The van der Waals surface area contributed by atoms with Crippen molar-refractivity contribution in [3.8, 4) is 56.7 Å². The molecule has 58 heavy (non-hydrogen) atoms. The number of fused-ring (bicyclic) bond motifs is 6. The van der Waals surface area contributed by atoms with Crippen LogP contribution in [0.1, 0.15) is 11.1 Å². The largest absolute Gasteiger partial charge is 0.309 e. The zero-order valence-electron chi connectivity index (χ0n) is 32.1. The molecule has 274 valence electrons. The van der Waals surface area contributed by atoms with Gasteiger partial charge in [0, 0.05) is 43.8 Å². The quantitative estimate of drug-likeness (QED) is 0.170. The summed E-state index contributed by atoms with van der Waals surface area (Å²) in [4.78, 5) is 15.7. The van der Waals surface area contributed by atoms with Crippen LogP contribution in [-0.2, 0) is 0 Å². The first-order valence-corrected chi connectivity index (χ1v) is 19.7. The Morgan fingerprint density at radius 2 is 0.759 bits per heavy atom. The van der Waals surface area contributed by atoms with Crippen molar-refractivity contribution in [2.24, 2.45) is 0 Å². The summed E-state index contributed by atoms with van der Waals surface area (Å²) in [6, 6.07) is 66.7. The van der Waals surface area contributed by atoms with Gasteiger partial charge in [0.05, 0.1) is 33.4 Å². The highest BCUT2D eigenvalue weighted by molar-refractivity contribution is 6.11. The lowest BCUT2D eigenvalue weighted by Gasteiger charge is -2.18. The van der Waals surface area contributed by atoms with Crippen molar-refractivity contribution in [3.63, 3.8) is 0 Å². The number of aromatic nitrogens is 5. The summed E-state index contributed by atoms with van der Waals surface area (Å²) >= 11 is 0. The third-order valence-electron chi connectivity index (χ3n) is 11.3. The van der Waals surface area contributed by atoms with Gasteiger partial charge in [0.2, 0.25) is 0 Å². The Morgan fingerprint density at radius 3 is 1.33 bits per heavy atom. The molecule has 8 aromatic carbocycles. The van der Waals surface area contributed by atoms with Crippen LogP contribution in [0.5, 0.6) is 0 Å². The van der Waals surface area contributed by atoms with E-state index in [1.54, 1.807) is 0 Å². The van der Waals surface area contributed by atoms with Crippen molar-refractivity contribution in [3.05, 3.63) is 199 Å². The zero-order valence-corrected chi connectivity index (χ0v) is 32.1. The molecule has 0 unspecified atom stereocenters. The molecule has 11 aromatic rings. The number of benzene rings is 8. The van der Waals surface area contributed by atoms with Gasteiger partial charge in [-0.05, 0) is 74.0 Å². The highest BCUT2D eigenvalue weighted by Gasteiger charge is 2.22. The van der Waals surface area contributed by atoms with E-state index in [1.807, 2.05) is 36.4 Å². The fourth-order valence-electron chi connectivity index (χ4n) is 8.61. The maximum Gasteiger partial charge on any atom is 0.166 e. The average molecular weight is 744 g/mol. The standard InChI is InChI=1S/C53H37N5/c1-34-25-28-48-42(31-34)43-32-35(2)26-29-49(43)58(48)50-30-27-38(39-19-9-12-22-45(39)57-46-23-13-10-20-40(46)41-21-11-14-24-47(41)57)33-44(50)53-55-51(36-15-5-3-6-16-36)54-52(56-53)37-17-7-4-8-18-37/h3-33H,1-2H3. The van der Waals surface area contributed by atoms with Crippen LogP contribution in [-0.4, -0.2) is 24.1 Å². The predicted octanol–water partition coefficient (Wildman–Crippen LogP) is 13.4. The molecule has 0 bridgehead atoms. The molecule has 0 radical (unpaired) electrons. The van der Waals surface area contributed by atoms with Gasteiger partial charge in [0.1, 0.15) is 0 Å². The second-order valence-corrected chi connectivity index (χ2v) is 15.0. The number of para-hydroxylation sites is 3. The molecule has 3 aromatic heterocycles. The summed E-state index contributed by atoms with van der Waals surface area (Å²) in [7, 11) is 0. The first kappa shape index (κ1) is 33.7. The summed E-state index contributed by atoms with van der Waals surface area (Å²) in [5, 5.41) is 4.90. The van der Waals surface area contributed by atoms with E-state index in [4.69, 9.17) is 15.0 Å². The van der Waals surface area contributed by atoms with Crippen LogP contribution in [0.4, 0.5) is 0 Å². The number of hydrogen-bond acceptors (Lipinski definition) is 3. The molecule has 0 saturated carbocycles. The lowest BCUT2D eigenvalue weighted by Crippen LogP contribution is -2.04. The molecule has 0 saturated heterocycles. The van der Waals surface area contributed by atoms with Crippen molar-refractivity contribution in [1.29, 1.82) is 0 Å². The van der Waals surface area contributed by atoms with E-state index in [2.05, 4.69) is 175 Å². The fraction of sp³-hybridized carbons (Fsp3) is 0.0377. The van der Waals surface area contributed by atoms with Crippen LogP contribution in [0.2, 0.25) is 0 Å². The molecule has 0 aliphatic carbocycles. The highest BCUT2D eigenvalue weighted by atomic mass is 15.1. The van der Waals surface area contributed by atoms with Crippen LogP contribution in [0.3, 0.4) is 0 Å². The topological polar surface area (TPSA) is 48.5 Å². The second-order valence-electron chi connectivity index (χ2n) is 15.0. The average Bonchev–Trinajstić information content (AvgIpc) is 3.78. The molecule has 0 aliphatic rings. The van der Waals surface area contributed by atoms with E-state index in [1.165, 1.54) is 43.7 Å². The Labute approximate surface area is 336 Å². The van der Waals surface area contributed by atoms with Gasteiger partial charge in [0.15, 0.2) is 17.5 Å². The predicted molar refractivity (Wildman–Crippen MR) is 240 cm³/mol. The first-order valence-electron chi connectivity index (χ1n) is 19.7. The molecule has 5 nitrogen and oxygen atoms in total. The van der Waals surface area contributed by atoms with Gasteiger partial charge in [-0.2, -0.15) is 0 Å². The molecule has 11 rings (SSSR count). The van der Waals surface area contributed by atoms with E-state index in [9.17, 15) is 0 Å². The minimum Gasteiger partial charge on any atom is -0.309 e. The Kier molecular flexibility index (Phi) is 7.86. The maximum atomic E-state index is 5.31. The Morgan fingerprint density at radius 1 is 0.310 bits per heavy atom. The SMILES string of the molecule is Cc1ccc2c(c1)c1cc(C)ccc1n2-c1ccc(-c2ccccc2-n2c3ccccc3c3ccccc32)cc1-c1nc(-c2ccccc2)nc(-c2ccccc2)n1. The van der Waals surface area contributed by atoms with Gasteiger partial charge in [-0.15, -0.1) is 0 Å². The second kappa shape index (κ2) is 13.5. The third kappa shape index (κ3) is 5.51. The molecule has 0 fully saturated rings. The van der Waals surface area contributed by atoms with Gasteiger partial charge < -0.3 is 9.13 Å². The molecule has 0 spiro atoms. The third-order valence-corrected chi connectivity index (χ3v) is 11.3. The number of nitrogens with zero attached hydrogens (tertiary/aromatic N) is 5. The Hall–Kier alpha value is -7.63. The van der Waals surface area contributed by atoms with Crippen LogP contribution in [0, 0.1) is 13.8 Å². The van der Waals surface area contributed by atoms with Gasteiger partial charge in [-0.1, -0.05) is 145 Å². The van der Waals surface area contributed by atoms with E-state index < -0.39 is 0 Å². The van der Waals surface area contributed by atoms with E-state index in [0.717, 1.165) is 50.2 Å². The van der Waals surface area contributed by atoms with Crippen LogP contribution < -0.4 is 0 Å². The summed E-state index contributed by atoms with van der Waals surface area (Å²) in [6.45, 7) is 4.32. The summed E-state index contributed by atoms with van der Waals surface area (Å²) in [6.07, 6.45) is 0. The van der Waals surface area contributed by atoms with Crippen molar-refractivity contribution < 1.29 is 0 Å². The molecule has 0 N–H and O–H groups in total. The monoisotopic (exact) mass is 743 g/mol. The van der Waals surface area contributed by atoms with Crippen LogP contribution in [0.15, 0.2) is 188 Å². The van der Waals surface area contributed by atoms with Crippen molar-refractivity contribution in [2.45, 2.75) is 13.8 Å². The van der Waals surface area contributed by atoms with Crippen molar-refractivity contribution in [1.82, 2.24) is 24.1 Å². The van der Waals surface area contributed by atoms with Gasteiger partial charge in [0.25, 0.3) is 0 Å². The minimum absolute atomic E-state index is 0.605. The first-order chi connectivity index (χ1) is 28.6. The van der Waals surface area contributed by atoms with Crippen molar-refractivity contribution >= 4 is 43.6 Å². The fourth-order valence-corrected chi connectivity index (χ4v) is 8.61. The van der Waals surface area contributed by atoms with E-state index >= 15 is 0 Å². The number of aryl methyl sites for hydroxylation is 2. The van der Waals surface area contributed by atoms with Gasteiger partial charge in [-0.25, -0.2) is 15.0 Å². The molecule has 3 heterocycles.